The minimum atomic E-state index is -0.968. The largest absolute Gasteiger partial charge is 0.388 e. The van der Waals surface area contributed by atoms with Gasteiger partial charge in [-0.1, -0.05) is 31.9 Å². The molecule has 0 saturated carbocycles. The van der Waals surface area contributed by atoms with Crippen molar-refractivity contribution in [2.24, 2.45) is 5.73 Å². The first-order valence-corrected chi connectivity index (χ1v) is 7.79. The summed E-state index contributed by atoms with van der Waals surface area (Å²) < 4.78 is 28.3. The number of hydrogen-bond acceptors (Lipinski definition) is 2. The van der Waals surface area contributed by atoms with E-state index < -0.39 is 23.7 Å². The molecule has 112 valence electrons. The topological polar surface area (TPSA) is 46.2 Å². The van der Waals surface area contributed by atoms with Gasteiger partial charge in [-0.05, 0) is 41.5 Å². The zero-order valence-electron chi connectivity index (χ0n) is 10.9. The van der Waals surface area contributed by atoms with Crippen molar-refractivity contribution in [3.63, 3.8) is 0 Å². The second-order valence-electron chi connectivity index (χ2n) is 4.69. The molecule has 3 N–H and O–H groups in total. The highest BCUT2D eigenvalue weighted by molar-refractivity contribution is 9.11. The quantitative estimate of drug-likeness (QED) is 0.775. The molecule has 2 nitrogen and oxygen atoms in total. The van der Waals surface area contributed by atoms with Crippen LogP contribution in [0.25, 0.3) is 0 Å². The van der Waals surface area contributed by atoms with Gasteiger partial charge in [-0.2, -0.15) is 0 Å². The van der Waals surface area contributed by atoms with Crippen LogP contribution in [0.5, 0.6) is 0 Å². The Morgan fingerprint density at radius 1 is 0.905 bits per heavy atom. The van der Waals surface area contributed by atoms with E-state index in [0.717, 1.165) is 15.0 Å². The second kappa shape index (κ2) is 6.96. The lowest BCUT2D eigenvalue weighted by atomic mass is 9.89. The summed E-state index contributed by atoms with van der Waals surface area (Å²) >= 11 is 6.68. The van der Waals surface area contributed by atoms with E-state index in [9.17, 15) is 13.9 Å². The summed E-state index contributed by atoms with van der Waals surface area (Å²) in [5.41, 5.74) is 6.63. The van der Waals surface area contributed by atoms with Crippen LogP contribution in [0, 0.1) is 11.6 Å². The Morgan fingerprint density at radius 3 is 1.90 bits per heavy atom. The molecule has 0 radical (unpaired) electrons. The van der Waals surface area contributed by atoms with Crippen molar-refractivity contribution in [2.45, 2.75) is 12.0 Å². The summed E-state index contributed by atoms with van der Waals surface area (Å²) in [6.45, 7) is 0.0637. The van der Waals surface area contributed by atoms with E-state index >= 15 is 0 Å². The summed E-state index contributed by atoms with van der Waals surface area (Å²) in [5.74, 6) is -1.98. The fraction of sp³-hybridized carbons (Fsp3) is 0.200. The zero-order valence-corrected chi connectivity index (χ0v) is 14.0. The van der Waals surface area contributed by atoms with Gasteiger partial charge < -0.3 is 10.8 Å². The van der Waals surface area contributed by atoms with Gasteiger partial charge in [0, 0.05) is 27.5 Å². The maximum atomic E-state index is 13.3. The van der Waals surface area contributed by atoms with Crippen molar-refractivity contribution in [1.82, 2.24) is 0 Å². The average Bonchev–Trinajstić information content (AvgIpc) is 2.37. The molecule has 0 bridgehead atoms. The van der Waals surface area contributed by atoms with Gasteiger partial charge >= 0.3 is 0 Å². The number of nitrogens with two attached hydrogens (primary N) is 1. The van der Waals surface area contributed by atoms with E-state index in [0.29, 0.717) is 11.1 Å². The van der Waals surface area contributed by atoms with Crippen molar-refractivity contribution in [2.75, 3.05) is 6.54 Å². The van der Waals surface area contributed by atoms with Crippen molar-refractivity contribution >= 4 is 31.9 Å². The first-order chi connectivity index (χ1) is 9.90. The molecule has 0 amide bonds. The summed E-state index contributed by atoms with van der Waals surface area (Å²) in [6.07, 6.45) is -0.968. The molecule has 0 spiro atoms. The van der Waals surface area contributed by atoms with Crippen LogP contribution in [0.4, 0.5) is 8.78 Å². The van der Waals surface area contributed by atoms with E-state index in [-0.39, 0.29) is 6.54 Å². The van der Waals surface area contributed by atoms with Crippen LogP contribution in [-0.4, -0.2) is 11.7 Å². The van der Waals surface area contributed by atoms with Crippen LogP contribution in [-0.2, 0) is 0 Å². The molecule has 2 atom stereocenters. The summed E-state index contributed by atoms with van der Waals surface area (Å²) in [4.78, 5) is 0. The number of aliphatic hydroxyl groups is 1. The highest BCUT2D eigenvalue weighted by Crippen LogP contribution is 2.33. The SMILES string of the molecule is NCC(c1cc(F)cc(F)c1)C(O)c1cc(Br)cc(Br)c1. The third-order valence-electron chi connectivity index (χ3n) is 3.17. The van der Waals surface area contributed by atoms with E-state index in [2.05, 4.69) is 31.9 Å². The van der Waals surface area contributed by atoms with Gasteiger partial charge in [0.05, 0.1) is 6.10 Å². The smallest absolute Gasteiger partial charge is 0.126 e. The minimum Gasteiger partial charge on any atom is -0.388 e. The molecule has 2 rings (SSSR count). The highest BCUT2D eigenvalue weighted by atomic mass is 79.9. The minimum absolute atomic E-state index is 0.0637. The Morgan fingerprint density at radius 2 is 1.43 bits per heavy atom. The molecule has 0 aliphatic heterocycles. The lowest BCUT2D eigenvalue weighted by Gasteiger charge is -2.23. The lowest BCUT2D eigenvalue weighted by Crippen LogP contribution is -2.20. The van der Waals surface area contributed by atoms with E-state index in [4.69, 9.17) is 5.73 Å². The molecule has 21 heavy (non-hydrogen) atoms. The third-order valence-corrected chi connectivity index (χ3v) is 4.09. The molecular weight excluding hydrogens is 408 g/mol. The molecule has 0 aromatic heterocycles. The van der Waals surface area contributed by atoms with E-state index in [1.54, 1.807) is 12.1 Å². The molecule has 2 aromatic carbocycles. The third kappa shape index (κ3) is 4.10. The molecule has 0 aliphatic carbocycles. The number of aliphatic hydroxyl groups excluding tert-OH is 1. The number of halogens is 4. The average molecular weight is 421 g/mol. The first kappa shape index (κ1) is 16.5. The Labute approximate surface area is 138 Å². The molecule has 0 fully saturated rings. The maximum Gasteiger partial charge on any atom is 0.126 e. The van der Waals surface area contributed by atoms with Gasteiger partial charge in [-0.3, -0.25) is 0 Å². The van der Waals surface area contributed by atoms with Gasteiger partial charge in [-0.25, -0.2) is 8.78 Å². The van der Waals surface area contributed by atoms with Crippen LogP contribution in [0.1, 0.15) is 23.1 Å². The maximum absolute atomic E-state index is 13.3. The Balaban J connectivity index is 2.40. The van der Waals surface area contributed by atoms with Crippen LogP contribution < -0.4 is 5.73 Å². The summed E-state index contributed by atoms with van der Waals surface area (Å²) in [6, 6.07) is 8.49. The zero-order chi connectivity index (χ0) is 15.6. The van der Waals surface area contributed by atoms with E-state index in [1.165, 1.54) is 12.1 Å². The van der Waals surface area contributed by atoms with Gasteiger partial charge in [0.15, 0.2) is 0 Å². The van der Waals surface area contributed by atoms with Gasteiger partial charge in [0.1, 0.15) is 11.6 Å². The lowest BCUT2D eigenvalue weighted by molar-refractivity contribution is 0.147. The molecule has 6 heteroatoms. The molecule has 2 aromatic rings. The predicted octanol–water partition coefficient (Wildman–Crippen LogP) is 4.27. The van der Waals surface area contributed by atoms with Crippen molar-refractivity contribution in [3.8, 4) is 0 Å². The number of rotatable bonds is 4. The molecule has 0 saturated heterocycles. The van der Waals surface area contributed by atoms with Crippen LogP contribution >= 0.6 is 31.9 Å². The van der Waals surface area contributed by atoms with Crippen LogP contribution in [0.15, 0.2) is 45.3 Å². The molecule has 0 aliphatic rings. The Kier molecular flexibility index (Phi) is 5.48. The monoisotopic (exact) mass is 419 g/mol. The van der Waals surface area contributed by atoms with Crippen molar-refractivity contribution in [3.05, 3.63) is 68.1 Å². The number of benzene rings is 2. The molecule has 2 unspecified atom stereocenters. The second-order valence-corrected chi connectivity index (χ2v) is 6.52. The summed E-state index contributed by atoms with van der Waals surface area (Å²) in [7, 11) is 0. The number of hydrogen-bond donors (Lipinski definition) is 2. The Bertz CT molecular complexity index is 611. The first-order valence-electron chi connectivity index (χ1n) is 6.21. The fourth-order valence-corrected chi connectivity index (χ4v) is 3.54. The Hall–Kier alpha value is -0.820. The standard InChI is InChI=1S/C15H13Br2F2NO/c16-10-1-9(2-11(17)5-10)15(21)14(7-20)8-3-12(18)6-13(19)4-8/h1-6,14-15,21H,7,20H2. The van der Waals surface area contributed by atoms with E-state index in [1.807, 2.05) is 6.07 Å². The van der Waals surface area contributed by atoms with Crippen LogP contribution in [0.3, 0.4) is 0 Å². The van der Waals surface area contributed by atoms with Crippen LogP contribution in [0.2, 0.25) is 0 Å². The van der Waals surface area contributed by atoms with Gasteiger partial charge in [0.2, 0.25) is 0 Å². The summed E-state index contributed by atoms with van der Waals surface area (Å²) in [5, 5.41) is 10.5. The highest BCUT2D eigenvalue weighted by Gasteiger charge is 2.23. The van der Waals surface area contributed by atoms with Gasteiger partial charge in [0.25, 0.3) is 0 Å². The predicted molar refractivity (Wildman–Crippen MR) is 85.0 cm³/mol. The van der Waals surface area contributed by atoms with Crippen molar-refractivity contribution in [1.29, 1.82) is 0 Å². The molecular formula is C15H13Br2F2NO. The van der Waals surface area contributed by atoms with Crippen molar-refractivity contribution < 1.29 is 13.9 Å². The normalized spacial score (nSPS) is 14.0. The fourth-order valence-electron chi connectivity index (χ4n) is 2.21. The van der Waals surface area contributed by atoms with Gasteiger partial charge in [-0.15, -0.1) is 0 Å². The molecule has 0 heterocycles.